The molecule has 0 bridgehead atoms. The van der Waals surface area contributed by atoms with Crippen molar-refractivity contribution >= 4 is 34.8 Å². The van der Waals surface area contributed by atoms with Crippen LogP contribution < -0.4 is 4.90 Å². The van der Waals surface area contributed by atoms with Crippen LogP contribution in [-0.4, -0.2) is 63.1 Å². The van der Waals surface area contributed by atoms with E-state index in [0.29, 0.717) is 15.7 Å². The van der Waals surface area contributed by atoms with Gasteiger partial charge in [-0.05, 0) is 30.3 Å². The van der Waals surface area contributed by atoms with Gasteiger partial charge in [0.1, 0.15) is 24.0 Å². The Hall–Kier alpha value is -2.70. The number of halogens is 5. The van der Waals surface area contributed by atoms with E-state index in [-0.39, 0.29) is 17.7 Å². The zero-order chi connectivity index (χ0) is 25.4. The summed E-state index contributed by atoms with van der Waals surface area (Å²) in [5, 5.41) is 28.8. The standard InChI is InChI=1S/C22H19Cl2F3N4O4/c1-30(13-5-11(23)4-12(24)6-13)22(34)18-7-17(21(33)19(9-32)35-18)31-8-16(28-29-31)10-2-14(25)20(27)15(26)3-10/h2-6,8,17-19,21,32-33H,7,9H2,1H3/t17-,18-,19-,21-/m1/s1. The first-order valence-electron chi connectivity index (χ1n) is 10.3. The second-order valence-electron chi connectivity index (χ2n) is 8.00. The molecule has 0 aliphatic carbocycles. The number of carbonyl (C=O) groups excluding carboxylic acids is 1. The monoisotopic (exact) mass is 530 g/mol. The molecule has 0 saturated carbocycles. The fraction of sp³-hybridized carbons (Fsp3) is 0.318. The van der Waals surface area contributed by atoms with Gasteiger partial charge in [-0.2, -0.15) is 0 Å². The third-order valence-corrected chi connectivity index (χ3v) is 6.16. The average Bonchev–Trinajstić information content (AvgIpc) is 3.31. The third-order valence-electron chi connectivity index (χ3n) is 5.72. The van der Waals surface area contributed by atoms with Crippen LogP contribution in [0.5, 0.6) is 0 Å². The molecule has 1 fully saturated rings. The van der Waals surface area contributed by atoms with E-state index >= 15 is 0 Å². The summed E-state index contributed by atoms with van der Waals surface area (Å²) < 4.78 is 47.4. The van der Waals surface area contributed by atoms with Crippen molar-refractivity contribution in [1.82, 2.24) is 15.0 Å². The quantitative estimate of drug-likeness (QED) is 0.490. The molecule has 1 aliphatic rings. The maximum absolute atomic E-state index is 13.6. The van der Waals surface area contributed by atoms with Crippen LogP contribution >= 0.6 is 23.2 Å². The van der Waals surface area contributed by atoms with Crippen molar-refractivity contribution < 1.29 is 32.9 Å². The van der Waals surface area contributed by atoms with E-state index in [1.165, 1.54) is 41.0 Å². The van der Waals surface area contributed by atoms with Gasteiger partial charge < -0.3 is 19.8 Å². The summed E-state index contributed by atoms with van der Waals surface area (Å²) in [6.45, 7) is -0.593. The Morgan fingerprint density at radius 3 is 2.40 bits per heavy atom. The molecule has 2 N–H and O–H groups in total. The van der Waals surface area contributed by atoms with Crippen LogP contribution in [0, 0.1) is 17.5 Å². The number of hydrogen-bond acceptors (Lipinski definition) is 6. The molecule has 1 saturated heterocycles. The number of ether oxygens (including phenoxy) is 1. The minimum atomic E-state index is -1.61. The van der Waals surface area contributed by atoms with Gasteiger partial charge in [-0.15, -0.1) is 5.10 Å². The van der Waals surface area contributed by atoms with Gasteiger partial charge in [-0.25, -0.2) is 17.9 Å². The molecule has 8 nitrogen and oxygen atoms in total. The van der Waals surface area contributed by atoms with E-state index in [1.807, 2.05) is 0 Å². The van der Waals surface area contributed by atoms with E-state index in [0.717, 1.165) is 12.1 Å². The van der Waals surface area contributed by atoms with Crippen LogP contribution in [0.15, 0.2) is 36.5 Å². The van der Waals surface area contributed by atoms with Crippen LogP contribution in [-0.2, 0) is 9.53 Å². The third kappa shape index (κ3) is 5.14. The maximum Gasteiger partial charge on any atom is 0.255 e. The Balaban J connectivity index is 1.60. The summed E-state index contributed by atoms with van der Waals surface area (Å²) in [6.07, 6.45) is -2.29. The molecule has 0 radical (unpaired) electrons. The number of likely N-dealkylation sites (N-methyl/N-ethyl adjacent to an activating group) is 1. The normalized spacial score (nSPS) is 22.3. The first-order chi connectivity index (χ1) is 16.6. The molecule has 13 heteroatoms. The van der Waals surface area contributed by atoms with Crippen molar-refractivity contribution in [1.29, 1.82) is 0 Å². The molecule has 1 amide bonds. The average molecular weight is 531 g/mol. The molecule has 4 atom stereocenters. The summed E-state index contributed by atoms with van der Waals surface area (Å²) in [6, 6.07) is 5.23. The number of carbonyl (C=O) groups is 1. The lowest BCUT2D eigenvalue weighted by Crippen LogP contribution is -2.52. The molecule has 2 aromatic carbocycles. The summed E-state index contributed by atoms with van der Waals surface area (Å²) in [4.78, 5) is 14.5. The second kappa shape index (κ2) is 10.1. The lowest BCUT2D eigenvalue weighted by Gasteiger charge is -2.39. The summed E-state index contributed by atoms with van der Waals surface area (Å²) in [7, 11) is 1.49. The zero-order valence-electron chi connectivity index (χ0n) is 18.1. The van der Waals surface area contributed by atoms with E-state index in [2.05, 4.69) is 10.3 Å². The molecular formula is C22H19Cl2F3N4O4. The molecule has 186 valence electrons. The summed E-state index contributed by atoms with van der Waals surface area (Å²) in [5.41, 5.74) is 0.344. The predicted octanol–water partition coefficient (Wildman–Crippen LogP) is 3.38. The molecule has 2 heterocycles. The maximum atomic E-state index is 13.6. The van der Waals surface area contributed by atoms with Crippen molar-refractivity contribution in [3.8, 4) is 11.3 Å². The van der Waals surface area contributed by atoms with Gasteiger partial charge in [0.15, 0.2) is 17.5 Å². The molecule has 0 spiro atoms. The lowest BCUT2D eigenvalue weighted by molar-refractivity contribution is -0.169. The van der Waals surface area contributed by atoms with Crippen LogP contribution in [0.3, 0.4) is 0 Å². The van der Waals surface area contributed by atoms with Gasteiger partial charge in [-0.1, -0.05) is 28.4 Å². The first kappa shape index (κ1) is 25.4. The number of aliphatic hydroxyl groups excluding tert-OH is 2. The van der Waals surface area contributed by atoms with Crippen LogP contribution in [0.4, 0.5) is 18.9 Å². The largest absolute Gasteiger partial charge is 0.394 e. The Morgan fingerprint density at radius 2 is 1.80 bits per heavy atom. The second-order valence-corrected chi connectivity index (χ2v) is 8.87. The van der Waals surface area contributed by atoms with Crippen molar-refractivity contribution in [2.24, 2.45) is 0 Å². The van der Waals surface area contributed by atoms with Gasteiger partial charge in [0.2, 0.25) is 0 Å². The van der Waals surface area contributed by atoms with Crippen molar-refractivity contribution in [2.45, 2.75) is 30.8 Å². The molecule has 4 rings (SSSR count). The molecule has 1 aromatic heterocycles. The van der Waals surface area contributed by atoms with Gasteiger partial charge >= 0.3 is 0 Å². The highest BCUT2D eigenvalue weighted by atomic mass is 35.5. The molecular weight excluding hydrogens is 512 g/mol. The van der Waals surface area contributed by atoms with E-state index in [1.54, 1.807) is 0 Å². The van der Waals surface area contributed by atoms with Crippen LogP contribution in [0.1, 0.15) is 12.5 Å². The fourth-order valence-corrected chi connectivity index (χ4v) is 4.39. The highest BCUT2D eigenvalue weighted by Crippen LogP contribution is 2.33. The Morgan fingerprint density at radius 1 is 1.17 bits per heavy atom. The topological polar surface area (TPSA) is 101 Å². The zero-order valence-corrected chi connectivity index (χ0v) is 19.6. The number of aromatic nitrogens is 3. The van der Waals surface area contributed by atoms with Crippen molar-refractivity contribution in [3.05, 3.63) is 64.0 Å². The van der Waals surface area contributed by atoms with Gasteiger partial charge in [0, 0.05) is 34.8 Å². The number of aliphatic hydroxyl groups is 2. The molecule has 3 aromatic rings. The number of hydrogen-bond donors (Lipinski definition) is 2. The van der Waals surface area contributed by atoms with E-state index in [4.69, 9.17) is 27.9 Å². The summed E-state index contributed by atoms with van der Waals surface area (Å²) >= 11 is 12.1. The van der Waals surface area contributed by atoms with Gasteiger partial charge in [0.25, 0.3) is 5.91 Å². The SMILES string of the molecule is CN(C(=O)[C@H]1C[C@@H](n2cc(-c3cc(F)c(F)c(F)c3)nn2)[C@@H](O)[C@@H](CO)O1)c1cc(Cl)cc(Cl)c1. The number of amides is 1. The molecule has 0 unspecified atom stereocenters. The number of anilines is 1. The number of benzene rings is 2. The minimum absolute atomic E-state index is 0.00982. The lowest BCUT2D eigenvalue weighted by atomic mass is 9.94. The smallest absolute Gasteiger partial charge is 0.255 e. The predicted molar refractivity (Wildman–Crippen MR) is 121 cm³/mol. The molecule has 35 heavy (non-hydrogen) atoms. The Labute approximate surface area is 207 Å². The van der Waals surface area contributed by atoms with E-state index in [9.17, 15) is 28.2 Å². The van der Waals surface area contributed by atoms with Crippen molar-refractivity contribution in [3.63, 3.8) is 0 Å². The van der Waals surface area contributed by atoms with Crippen LogP contribution in [0.25, 0.3) is 11.3 Å². The van der Waals surface area contributed by atoms with Crippen molar-refractivity contribution in [2.75, 3.05) is 18.6 Å². The highest BCUT2D eigenvalue weighted by molar-refractivity contribution is 6.35. The fourth-order valence-electron chi connectivity index (χ4n) is 3.88. The van der Waals surface area contributed by atoms with Gasteiger partial charge in [0.05, 0.1) is 18.8 Å². The van der Waals surface area contributed by atoms with Crippen LogP contribution in [0.2, 0.25) is 10.0 Å². The Bertz CT molecular complexity index is 1220. The minimum Gasteiger partial charge on any atom is -0.394 e. The Kier molecular flexibility index (Phi) is 7.34. The molecule has 1 aliphatic heterocycles. The first-order valence-corrected chi connectivity index (χ1v) is 11.1. The number of nitrogens with zero attached hydrogens (tertiary/aromatic N) is 4. The van der Waals surface area contributed by atoms with E-state index < -0.39 is 54.3 Å². The van der Waals surface area contributed by atoms with Gasteiger partial charge in [-0.3, -0.25) is 4.79 Å². The summed E-state index contributed by atoms with van der Waals surface area (Å²) in [5.74, 6) is -4.90. The number of rotatable bonds is 5. The highest BCUT2D eigenvalue weighted by Gasteiger charge is 2.42.